The summed E-state index contributed by atoms with van der Waals surface area (Å²) in [5, 5.41) is 10.0. The van der Waals surface area contributed by atoms with E-state index in [0.29, 0.717) is 0 Å². The molecule has 0 aromatic heterocycles. The van der Waals surface area contributed by atoms with Crippen molar-refractivity contribution in [3.63, 3.8) is 0 Å². The van der Waals surface area contributed by atoms with E-state index in [1.807, 2.05) is 0 Å². The second kappa shape index (κ2) is 12.5. The molecule has 0 unspecified atom stereocenters. The van der Waals surface area contributed by atoms with E-state index < -0.39 is 0 Å². The minimum absolute atomic E-state index is 1.21. The third kappa shape index (κ3) is 5.16. The van der Waals surface area contributed by atoms with E-state index in [4.69, 9.17) is 0 Å². The second-order valence-electron chi connectivity index (χ2n) is 13.7. The van der Waals surface area contributed by atoms with Crippen molar-refractivity contribution in [3.8, 4) is 55.6 Å². The molecule has 0 heteroatoms. The highest BCUT2D eigenvalue weighted by atomic mass is 14.2. The number of rotatable bonds is 5. The monoisotopic (exact) mass is 658 g/mol. The summed E-state index contributed by atoms with van der Waals surface area (Å²) in [5.74, 6) is 0. The van der Waals surface area contributed by atoms with E-state index in [1.165, 1.54) is 98.7 Å². The summed E-state index contributed by atoms with van der Waals surface area (Å²) >= 11 is 0. The molecule has 0 heterocycles. The molecule has 0 saturated carbocycles. The molecule has 0 spiro atoms. The van der Waals surface area contributed by atoms with Crippen LogP contribution in [0.4, 0.5) is 0 Å². The van der Waals surface area contributed by atoms with Gasteiger partial charge in [0, 0.05) is 0 Å². The van der Waals surface area contributed by atoms with Gasteiger partial charge in [0.25, 0.3) is 0 Å². The molecule has 0 N–H and O–H groups in total. The van der Waals surface area contributed by atoms with E-state index >= 15 is 0 Å². The van der Waals surface area contributed by atoms with Crippen LogP contribution in [0.2, 0.25) is 0 Å². The first-order valence-corrected chi connectivity index (χ1v) is 18.0. The topological polar surface area (TPSA) is 0 Å². The maximum absolute atomic E-state index is 2.41. The number of benzene rings is 10. The summed E-state index contributed by atoms with van der Waals surface area (Å²) in [6.45, 7) is 0. The number of fused-ring (bicyclic) bond motifs is 4. The van der Waals surface area contributed by atoms with Gasteiger partial charge in [-0.15, -0.1) is 0 Å². The van der Waals surface area contributed by atoms with Crippen LogP contribution < -0.4 is 0 Å². The van der Waals surface area contributed by atoms with Crippen LogP contribution in [-0.4, -0.2) is 0 Å². The van der Waals surface area contributed by atoms with Gasteiger partial charge in [-0.1, -0.05) is 188 Å². The molecule has 52 heavy (non-hydrogen) atoms. The Morgan fingerprint density at radius 3 is 1.33 bits per heavy atom. The van der Waals surface area contributed by atoms with Crippen LogP contribution in [0.25, 0.3) is 98.7 Å². The average Bonchev–Trinajstić information content (AvgIpc) is 3.23. The fraction of sp³-hybridized carbons (Fsp3) is 0. The van der Waals surface area contributed by atoms with E-state index in [9.17, 15) is 0 Å². The Morgan fingerprint density at radius 1 is 0.192 bits per heavy atom. The molecule has 10 rings (SSSR count). The van der Waals surface area contributed by atoms with Crippen molar-refractivity contribution in [1.29, 1.82) is 0 Å². The minimum atomic E-state index is 1.21. The third-order valence-electron chi connectivity index (χ3n) is 10.6. The molecule has 0 atom stereocenters. The summed E-state index contributed by atoms with van der Waals surface area (Å²) in [4.78, 5) is 0. The van der Waals surface area contributed by atoms with Crippen LogP contribution in [0.3, 0.4) is 0 Å². The predicted octanol–water partition coefficient (Wildman–Crippen LogP) is 14.6. The highest BCUT2D eigenvalue weighted by molar-refractivity contribution is 6.23. The van der Waals surface area contributed by atoms with Gasteiger partial charge in [0.15, 0.2) is 0 Å². The molecule has 0 saturated heterocycles. The second-order valence-corrected chi connectivity index (χ2v) is 13.7. The number of hydrogen-bond donors (Lipinski definition) is 0. The zero-order valence-electron chi connectivity index (χ0n) is 28.6. The van der Waals surface area contributed by atoms with Crippen LogP contribution in [0, 0.1) is 0 Å². The minimum Gasteiger partial charge on any atom is -0.0622 e. The quantitative estimate of drug-likeness (QED) is 0.161. The first-order chi connectivity index (χ1) is 25.8. The van der Waals surface area contributed by atoms with Crippen molar-refractivity contribution in [2.75, 3.05) is 0 Å². The Morgan fingerprint density at radius 2 is 0.673 bits per heavy atom. The molecule has 0 radical (unpaired) electrons. The van der Waals surface area contributed by atoms with Gasteiger partial charge in [-0.25, -0.2) is 0 Å². The lowest BCUT2D eigenvalue weighted by Crippen LogP contribution is -1.93. The molecule has 0 aliphatic rings. The smallest absolute Gasteiger partial charge is 0.00259 e. The van der Waals surface area contributed by atoms with E-state index in [-0.39, 0.29) is 0 Å². The Bertz CT molecular complexity index is 2910. The molecule has 0 aliphatic carbocycles. The molecule has 0 amide bonds. The summed E-state index contributed by atoms with van der Waals surface area (Å²) in [7, 11) is 0. The zero-order chi connectivity index (χ0) is 34.4. The van der Waals surface area contributed by atoms with Gasteiger partial charge >= 0.3 is 0 Å². The third-order valence-corrected chi connectivity index (χ3v) is 10.6. The first-order valence-electron chi connectivity index (χ1n) is 18.0. The molecule has 0 aliphatic heterocycles. The van der Waals surface area contributed by atoms with Crippen LogP contribution in [0.1, 0.15) is 0 Å². The summed E-state index contributed by atoms with van der Waals surface area (Å²) < 4.78 is 0. The molecule has 10 aromatic carbocycles. The maximum Gasteiger partial charge on any atom is -0.00259 e. The van der Waals surface area contributed by atoms with Crippen molar-refractivity contribution in [3.05, 3.63) is 206 Å². The van der Waals surface area contributed by atoms with Crippen molar-refractivity contribution in [2.24, 2.45) is 0 Å². The average molecular weight is 659 g/mol. The SMILES string of the molecule is c1ccc(-c2ccc3c(-c4ccc5ccccc5c4)c4cc(-c5ccccc5)ccc4c(-c4ccc(-c5cccc6ccccc56)cc4)c3c2)cc1. The fourth-order valence-electron chi connectivity index (χ4n) is 8.11. The summed E-state index contributed by atoms with van der Waals surface area (Å²) in [5.41, 5.74) is 12.3. The lowest BCUT2D eigenvalue weighted by molar-refractivity contribution is 1.61. The van der Waals surface area contributed by atoms with E-state index in [1.54, 1.807) is 0 Å². The van der Waals surface area contributed by atoms with Crippen LogP contribution >= 0.6 is 0 Å². The van der Waals surface area contributed by atoms with Crippen LogP contribution in [0.5, 0.6) is 0 Å². The maximum atomic E-state index is 2.41. The predicted molar refractivity (Wildman–Crippen MR) is 224 cm³/mol. The summed E-state index contributed by atoms with van der Waals surface area (Å²) in [6, 6.07) is 75.7. The largest absolute Gasteiger partial charge is 0.0622 e. The lowest BCUT2D eigenvalue weighted by Gasteiger charge is -2.20. The summed E-state index contributed by atoms with van der Waals surface area (Å²) in [6.07, 6.45) is 0. The van der Waals surface area contributed by atoms with E-state index in [2.05, 4.69) is 206 Å². The molecular weight excluding hydrogens is 625 g/mol. The van der Waals surface area contributed by atoms with Gasteiger partial charge in [0.05, 0.1) is 0 Å². The van der Waals surface area contributed by atoms with Gasteiger partial charge in [-0.2, -0.15) is 0 Å². The van der Waals surface area contributed by atoms with Crippen molar-refractivity contribution >= 4 is 43.1 Å². The fourth-order valence-corrected chi connectivity index (χ4v) is 8.11. The van der Waals surface area contributed by atoms with Gasteiger partial charge in [-0.3, -0.25) is 0 Å². The Balaban J connectivity index is 1.28. The van der Waals surface area contributed by atoms with Crippen LogP contribution in [0.15, 0.2) is 206 Å². The standard InChI is InChI=1S/C52H34/c1-3-12-35(13-4-1)42-29-31-48-49(33-42)51(40-25-23-39(24-26-40)46-21-11-19-38-17-9-10-20-45(38)46)47-30-28-43(36-14-5-2-6-15-36)34-50(47)52(48)44-27-22-37-16-7-8-18-41(37)32-44/h1-34H. The van der Waals surface area contributed by atoms with Crippen molar-refractivity contribution in [1.82, 2.24) is 0 Å². The van der Waals surface area contributed by atoms with Crippen molar-refractivity contribution < 1.29 is 0 Å². The number of hydrogen-bond acceptors (Lipinski definition) is 0. The highest BCUT2D eigenvalue weighted by Gasteiger charge is 2.19. The highest BCUT2D eigenvalue weighted by Crippen LogP contribution is 2.46. The Kier molecular flexibility index (Phi) is 7.25. The molecule has 0 nitrogen and oxygen atoms in total. The molecule has 242 valence electrons. The molecule has 0 bridgehead atoms. The van der Waals surface area contributed by atoms with E-state index in [0.717, 1.165) is 0 Å². The van der Waals surface area contributed by atoms with Gasteiger partial charge in [0.1, 0.15) is 0 Å². The van der Waals surface area contributed by atoms with Gasteiger partial charge in [0.2, 0.25) is 0 Å². The Hall–Kier alpha value is -6.76. The molecular formula is C52H34. The lowest BCUT2D eigenvalue weighted by atomic mass is 9.83. The molecule has 0 fully saturated rings. The zero-order valence-corrected chi connectivity index (χ0v) is 28.6. The first kappa shape index (κ1) is 30.1. The van der Waals surface area contributed by atoms with Gasteiger partial charge in [-0.05, 0) is 117 Å². The molecule has 10 aromatic rings. The Labute approximate surface area is 303 Å². The van der Waals surface area contributed by atoms with Gasteiger partial charge < -0.3 is 0 Å². The normalized spacial score (nSPS) is 11.5. The van der Waals surface area contributed by atoms with Crippen LogP contribution in [-0.2, 0) is 0 Å². The van der Waals surface area contributed by atoms with Crippen molar-refractivity contribution in [2.45, 2.75) is 0 Å².